The van der Waals surface area contributed by atoms with E-state index in [1.807, 2.05) is 18.2 Å². The molecular weight excluding hydrogens is 254 g/mol. The fourth-order valence-corrected chi connectivity index (χ4v) is 2.74. The zero-order chi connectivity index (χ0) is 14.9. The molecule has 0 aliphatic carbocycles. The molecule has 1 fully saturated rings. The standard InChI is InChI=1S/C16H21NO3/c1-16(2,3)12-8-5-4-7-11(12)14(18)17-10-6-9-13(17)15(19)20/h4-5,7-8,13H,6,9-10H2,1-3H3,(H,19,20). The van der Waals surface area contributed by atoms with Crippen LogP contribution in [-0.2, 0) is 10.2 Å². The lowest BCUT2D eigenvalue weighted by molar-refractivity contribution is -0.141. The van der Waals surface area contributed by atoms with Crippen LogP contribution in [0.25, 0.3) is 0 Å². The molecule has 1 saturated heterocycles. The number of carbonyl (C=O) groups is 2. The predicted molar refractivity (Wildman–Crippen MR) is 76.8 cm³/mol. The van der Waals surface area contributed by atoms with Crippen LogP contribution >= 0.6 is 0 Å². The molecule has 20 heavy (non-hydrogen) atoms. The first-order valence-electron chi connectivity index (χ1n) is 6.95. The van der Waals surface area contributed by atoms with Crippen LogP contribution in [0, 0.1) is 0 Å². The summed E-state index contributed by atoms with van der Waals surface area (Å²) in [4.78, 5) is 25.4. The molecule has 1 atom stereocenters. The van der Waals surface area contributed by atoms with Crippen molar-refractivity contribution in [2.24, 2.45) is 0 Å². The maximum absolute atomic E-state index is 12.7. The Bertz CT molecular complexity index is 531. The van der Waals surface area contributed by atoms with Crippen LogP contribution < -0.4 is 0 Å². The number of rotatable bonds is 2. The number of nitrogens with zero attached hydrogens (tertiary/aromatic N) is 1. The van der Waals surface area contributed by atoms with E-state index in [1.165, 1.54) is 4.90 Å². The van der Waals surface area contributed by atoms with Crippen molar-refractivity contribution in [2.45, 2.75) is 45.1 Å². The Morgan fingerprint density at radius 2 is 1.90 bits per heavy atom. The van der Waals surface area contributed by atoms with Crippen LogP contribution in [0.2, 0.25) is 0 Å². The first kappa shape index (κ1) is 14.6. The second kappa shape index (κ2) is 5.27. The van der Waals surface area contributed by atoms with E-state index in [4.69, 9.17) is 0 Å². The van der Waals surface area contributed by atoms with Gasteiger partial charge in [0.15, 0.2) is 0 Å². The number of hydrogen-bond acceptors (Lipinski definition) is 2. The van der Waals surface area contributed by atoms with Crippen molar-refractivity contribution >= 4 is 11.9 Å². The average molecular weight is 275 g/mol. The maximum Gasteiger partial charge on any atom is 0.326 e. The summed E-state index contributed by atoms with van der Waals surface area (Å²) in [5, 5.41) is 9.21. The molecule has 4 nitrogen and oxygen atoms in total. The zero-order valence-corrected chi connectivity index (χ0v) is 12.2. The number of aliphatic carboxylic acids is 1. The first-order chi connectivity index (χ1) is 9.32. The number of amides is 1. The molecule has 108 valence electrons. The van der Waals surface area contributed by atoms with Crippen molar-refractivity contribution in [3.05, 3.63) is 35.4 Å². The average Bonchev–Trinajstić information content (AvgIpc) is 2.86. The van der Waals surface area contributed by atoms with E-state index in [0.29, 0.717) is 18.5 Å². The number of likely N-dealkylation sites (tertiary alicyclic amines) is 1. The zero-order valence-electron chi connectivity index (χ0n) is 12.2. The van der Waals surface area contributed by atoms with Crippen molar-refractivity contribution < 1.29 is 14.7 Å². The highest BCUT2D eigenvalue weighted by Crippen LogP contribution is 2.28. The third kappa shape index (κ3) is 2.69. The van der Waals surface area contributed by atoms with Gasteiger partial charge in [-0.2, -0.15) is 0 Å². The van der Waals surface area contributed by atoms with Crippen molar-refractivity contribution in [3.63, 3.8) is 0 Å². The van der Waals surface area contributed by atoms with Crippen LogP contribution in [0.3, 0.4) is 0 Å². The predicted octanol–water partition coefficient (Wildman–Crippen LogP) is 2.67. The van der Waals surface area contributed by atoms with Gasteiger partial charge in [-0.15, -0.1) is 0 Å². The van der Waals surface area contributed by atoms with Gasteiger partial charge in [-0.1, -0.05) is 39.0 Å². The molecule has 1 N–H and O–H groups in total. The minimum Gasteiger partial charge on any atom is -0.480 e. The molecule has 1 aromatic carbocycles. The van der Waals surface area contributed by atoms with Crippen LogP contribution in [0.5, 0.6) is 0 Å². The molecule has 1 heterocycles. The number of carboxylic acid groups (broad SMARTS) is 1. The topological polar surface area (TPSA) is 57.6 Å². The number of carboxylic acids is 1. The van der Waals surface area contributed by atoms with Gasteiger partial charge in [-0.3, -0.25) is 4.79 Å². The van der Waals surface area contributed by atoms with Gasteiger partial charge < -0.3 is 10.0 Å². The summed E-state index contributed by atoms with van der Waals surface area (Å²) in [5.41, 5.74) is 1.43. The monoisotopic (exact) mass is 275 g/mol. The van der Waals surface area contributed by atoms with Crippen LogP contribution in [0.1, 0.15) is 49.5 Å². The second-order valence-corrected chi connectivity index (χ2v) is 6.29. The molecule has 2 rings (SSSR count). The van der Waals surface area contributed by atoms with Gasteiger partial charge in [-0.05, 0) is 29.9 Å². The lowest BCUT2D eigenvalue weighted by Gasteiger charge is -2.27. The van der Waals surface area contributed by atoms with Gasteiger partial charge in [0, 0.05) is 12.1 Å². The van der Waals surface area contributed by atoms with Gasteiger partial charge in [-0.25, -0.2) is 4.79 Å². The molecule has 0 saturated carbocycles. The number of hydrogen-bond donors (Lipinski definition) is 1. The van der Waals surface area contributed by atoms with Crippen molar-refractivity contribution in [2.75, 3.05) is 6.54 Å². The van der Waals surface area contributed by atoms with Crippen molar-refractivity contribution in [1.29, 1.82) is 0 Å². The van der Waals surface area contributed by atoms with Crippen molar-refractivity contribution in [3.8, 4) is 0 Å². The van der Waals surface area contributed by atoms with Crippen LogP contribution in [0.4, 0.5) is 0 Å². The molecule has 0 bridgehead atoms. The Morgan fingerprint density at radius 1 is 1.25 bits per heavy atom. The molecule has 4 heteroatoms. The summed E-state index contributed by atoms with van der Waals surface area (Å²) in [7, 11) is 0. The fourth-order valence-electron chi connectivity index (χ4n) is 2.74. The molecule has 1 aromatic rings. The smallest absolute Gasteiger partial charge is 0.326 e. The molecule has 1 aliphatic heterocycles. The van der Waals surface area contributed by atoms with E-state index in [-0.39, 0.29) is 11.3 Å². The van der Waals surface area contributed by atoms with E-state index in [1.54, 1.807) is 6.07 Å². The van der Waals surface area contributed by atoms with Gasteiger partial charge in [0.1, 0.15) is 6.04 Å². The first-order valence-corrected chi connectivity index (χ1v) is 6.95. The molecule has 1 unspecified atom stereocenters. The lowest BCUT2D eigenvalue weighted by atomic mass is 9.83. The maximum atomic E-state index is 12.7. The quantitative estimate of drug-likeness (QED) is 0.902. The van der Waals surface area contributed by atoms with Gasteiger partial charge >= 0.3 is 5.97 Å². The Morgan fingerprint density at radius 3 is 2.50 bits per heavy atom. The molecule has 0 radical (unpaired) electrons. The summed E-state index contributed by atoms with van der Waals surface area (Å²) >= 11 is 0. The summed E-state index contributed by atoms with van der Waals surface area (Å²) in [5.74, 6) is -1.08. The Labute approximate surface area is 119 Å². The second-order valence-electron chi connectivity index (χ2n) is 6.29. The summed E-state index contributed by atoms with van der Waals surface area (Å²) < 4.78 is 0. The Hall–Kier alpha value is -1.84. The molecule has 0 spiro atoms. The highest BCUT2D eigenvalue weighted by molar-refractivity contribution is 5.98. The SMILES string of the molecule is CC(C)(C)c1ccccc1C(=O)N1CCCC1C(=O)O. The number of carbonyl (C=O) groups excluding carboxylic acids is 1. The highest BCUT2D eigenvalue weighted by atomic mass is 16.4. The minimum atomic E-state index is -0.913. The normalized spacial score (nSPS) is 19.1. The van der Waals surface area contributed by atoms with Crippen LogP contribution in [-0.4, -0.2) is 34.5 Å². The van der Waals surface area contributed by atoms with E-state index >= 15 is 0 Å². The summed E-state index contributed by atoms with van der Waals surface area (Å²) in [6, 6.07) is 6.79. The fraction of sp³-hybridized carbons (Fsp3) is 0.500. The van der Waals surface area contributed by atoms with E-state index in [9.17, 15) is 14.7 Å². The molecule has 0 aromatic heterocycles. The van der Waals surface area contributed by atoms with E-state index < -0.39 is 12.0 Å². The van der Waals surface area contributed by atoms with Gasteiger partial charge in [0.25, 0.3) is 5.91 Å². The van der Waals surface area contributed by atoms with E-state index in [0.717, 1.165) is 12.0 Å². The highest BCUT2D eigenvalue weighted by Gasteiger charge is 2.35. The summed E-state index contributed by atoms with van der Waals surface area (Å²) in [6.45, 7) is 6.68. The third-order valence-electron chi connectivity index (χ3n) is 3.76. The van der Waals surface area contributed by atoms with Gasteiger partial charge in [0.2, 0.25) is 0 Å². The van der Waals surface area contributed by atoms with Crippen LogP contribution in [0.15, 0.2) is 24.3 Å². The summed E-state index contributed by atoms with van der Waals surface area (Å²) in [6.07, 6.45) is 1.29. The molecule has 1 aliphatic rings. The minimum absolute atomic E-state index is 0.148. The largest absolute Gasteiger partial charge is 0.480 e. The Kier molecular flexibility index (Phi) is 3.84. The third-order valence-corrected chi connectivity index (χ3v) is 3.76. The van der Waals surface area contributed by atoms with Gasteiger partial charge in [0.05, 0.1) is 0 Å². The molecule has 1 amide bonds. The van der Waals surface area contributed by atoms with Crippen molar-refractivity contribution in [1.82, 2.24) is 4.90 Å². The lowest BCUT2D eigenvalue weighted by Crippen LogP contribution is -2.41. The molecular formula is C16H21NO3. The Balaban J connectivity index is 2.37. The van der Waals surface area contributed by atoms with E-state index in [2.05, 4.69) is 20.8 Å². The number of benzene rings is 1.